The Morgan fingerprint density at radius 1 is 1.00 bits per heavy atom. The highest BCUT2D eigenvalue weighted by atomic mass is 35.5. The normalized spacial score (nSPS) is 10.8. The Morgan fingerprint density at radius 3 is 2.45 bits per heavy atom. The standard InChI is InChI=1S/C17H14ClNO/c1-11-3-8-16-15(9-11)14(10-17(18)19-16)12-4-6-13(20-2)7-5-12/h3-10H,1-2H3. The summed E-state index contributed by atoms with van der Waals surface area (Å²) in [6.07, 6.45) is 0. The Bertz CT molecular complexity index is 766. The van der Waals surface area contributed by atoms with E-state index in [2.05, 4.69) is 18.0 Å². The molecule has 2 nitrogen and oxygen atoms in total. The van der Waals surface area contributed by atoms with Gasteiger partial charge in [-0.05, 0) is 48.4 Å². The van der Waals surface area contributed by atoms with Crippen molar-refractivity contribution < 1.29 is 4.74 Å². The Morgan fingerprint density at radius 2 is 1.75 bits per heavy atom. The van der Waals surface area contributed by atoms with Crippen LogP contribution >= 0.6 is 11.6 Å². The lowest BCUT2D eigenvalue weighted by molar-refractivity contribution is 0.415. The molecule has 3 heteroatoms. The van der Waals surface area contributed by atoms with Crippen LogP contribution < -0.4 is 4.74 Å². The largest absolute Gasteiger partial charge is 0.497 e. The predicted molar refractivity (Wildman–Crippen MR) is 83.5 cm³/mol. The summed E-state index contributed by atoms with van der Waals surface area (Å²) in [5, 5.41) is 1.62. The summed E-state index contributed by atoms with van der Waals surface area (Å²) in [5.41, 5.74) is 4.31. The summed E-state index contributed by atoms with van der Waals surface area (Å²) in [6, 6.07) is 16.1. The minimum atomic E-state index is 0.507. The third-order valence-corrected chi connectivity index (χ3v) is 3.53. The number of benzene rings is 2. The highest BCUT2D eigenvalue weighted by molar-refractivity contribution is 6.30. The summed E-state index contributed by atoms with van der Waals surface area (Å²) < 4.78 is 5.20. The van der Waals surface area contributed by atoms with Gasteiger partial charge in [-0.3, -0.25) is 0 Å². The van der Waals surface area contributed by atoms with Crippen molar-refractivity contribution in [2.75, 3.05) is 7.11 Å². The van der Waals surface area contributed by atoms with Crippen LogP contribution in [0.2, 0.25) is 5.15 Å². The maximum Gasteiger partial charge on any atom is 0.130 e. The van der Waals surface area contributed by atoms with Crippen LogP contribution in [-0.4, -0.2) is 12.1 Å². The first-order valence-electron chi connectivity index (χ1n) is 6.39. The molecule has 3 aromatic rings. The molecule has 0 atom stereocenters. The van der Waals surface area contributed by atoms with E-state index in [1.807, 2.05) is 42.5 Å². The van der Waals surface area contributed by atoms with Crippen molar-refractivity contribution in [2.45, 2.75) is 6.92 Å². The van der Waals surface area contributed by atoms with E-state index in [0.29, 0.717) is 5.15 Å². The maximum absolute atomic E-state index is 6.14. The lowest BCUT2D eigenvalue weighted by atomic mass is 10.00. The molecule has 100 valence electrons. The lowest BCUT2D eigenvalue weighted by Gasteiger charge is -2.09. The van der Waals surface area contributed by atoms with Crippen LogP contribution in [0.3, 0.4) is 0 Å². The quantitative estimate of drug-likeness (QED) is 0.626. The van der Waals surface area contributed by atoms with Gasteiger partial charge in [0.2, 0.25) is 0 Å². The van der Waals surface area contributed by atoms with Crippen LogP contribution in [0.5, 0.6) is 5.75 Å². The Balaban J connectivity index is 2.25. The van der Waals surface area contributed by atoms with Gasteiger partial charge in [0.05, 0.1) is 12.6 Å². The van der Waals surface area contributed by atoms with Gasteiger partial charge >= 0.3 is 0 Å². The van der Waals surface area contributed by atoms with E-state index >= 15 is 0 Å². The van der Waals surface area contributed by atoms with Gasteiger partial charge in [0, 0.05) is 5.39 Å². The number of pyridine rings is 1. The van der Waals surface area contributed by atoms with Gasteiger partial charge in [-0.25, -0.2) is 4.98 Å². The van der Waals surface area contributed by atoms with Crippen LogP contribution in [0.1, 0.15) is 5.56 Å². The molecule has 0 radical (unpaired) electrons. The summed E-state index contributed by atoms with van der Waals surface area (Å²) in [4.78, 5) is 4.38. The first-order valence-corrected chi connectivity index (χ1v) is 6.76. The van der Waals surface area contributed by atoms with Crippen LogP contribution in [0.25, 0.3) is 22.0 Å². The highest BCUT2D eigenvalue weighted by Gasteiger charge is 2.07. The number of hydrogen-bond acceptors (Lipinski definition) is 2. The number of methoxy groups -OCH3 is 1. The average Bonchev–Trinajstić information content (AvgIpc) is 2.47. The van der Waals surface area contributed by atoms with Crippen molar-refractivity contribution in [3.05, 3.63) is 59.2 Å². The number of aromatic nitrogens is 1. The maximum atomic E-state index is 6.14. The van der Waals surface area contributed by atoms with E-state index in [9.17, 15) is 0 Å². The van der Waals surface area contributed by atoms with E-state index in [4.69, 9.17) is 16.3 Å². The summed E-state index contributed by atoms with van der Waals surface area (Å²) >= 11 is 6.14. The van der Waals surface area contributed by atoms with Gasteiger partial charge in [-0.15, -0.1) is 0 Å². The smallest absolute Gasteiger partial charge is 0.130 e. The van der Waals surface area contributed by atoms with Crippen LogP contribution in [-0.2, 0) is 0 Å². The molecule has 0 amide bonds. The van der Waals surface area contributed by atoms with E-state index < -0.39 is 0 Å². The van der Waals surface area contributed by atoms with Crippen molar-refractivity contribution in [2.24, 2.45) is 0 Å². The molecule has 0 N–H and O–H groups in total. The second-order valence-corrected chi connectivity index (χ2v) is 5.13. The monoisotopic (exact) mass is 283 g/mol. The van der Waals surface area contributed by atoms with Crippen LogP contribution in [0, 0.1) is 6.92 Å². The molecule has 2 aromatic carbocycles. The first kappa shape index (κ1) is 12.9. The molecule has 1 aromatic heterocycles. The van der Waals surface area contributed by atoms with E-state index in [0.717, 1.165) is 27.8 Å². The highest BCUT2D eigenvalue weighted by Crippen LogP contribution is 2.31. The van der Waals surface area contributed by atoms with E-state index in [1.165, 1.54) is 5.56 Å². The zero-order chi connectivity index (χ0) is 14.1. The number of fused-ring (bicyclic) bond motifs is 1. The third kappa shape index (κ3) is 2.35. The second-order valence-electron chi connectivity index (χ2n) is 4.74. The molecule has 0 fully saturated rings. The third-order valence-electron chi connectivity index (χ3n) is 3.33. The van der Waals surface area contributed by atoms with Gasteiger partial charge in [0.15, 0.2) is 0 Å². The van der Waals surface area contributed by atoms with Crippen molar-refractivity contribution >= 4 is 22.5 Å². The fraction of sp³-hybridized carbons (Fsp3) is 0.118. The number of aryl methyl sites for hydroxylation is 1. The Kier molecular flexibility index (Phi) is 3.33. The molecule has 1 heterocycles. The molecule has 0 unspecified atom stereocenters. The number of hydrogen-bond donors (Lipinski definition) is 0. The molecular weight excluding hydrogens is 270 g/mol. The van der Waals surface area contributed by atoms with E-state index in [1.54, 1.807) is 7.11 Å². The molecule has 0 bridgehead atoms. The van der Waals surface area contributed by atoms with Gasteiger partial charge in [0.1, 0.15) is 10.9 Å². The van der Waals surface area contributed by atoms with Crippen LogP contribution in [0.4, 0.5) is 0 Å². The van der Waals surface area contributed by atoms with Gasteiger partial charge in [0.25, 0.3) is 0 Å². The van der Waals surface area contributed by atoms with Gasteiger partial charge in [-0.2, -0.15) is 0 Å². The molecule has 0 aliphatic heterocycles. The minimum Gasteiger partial charge on any atom is -0.497 e. The summed E-state index contributed by atoms with van der Waals surface area (Å²) in [5.74, 6) is 0.842. The van der Waals surface area contributed by atoms with Gasteiger partial charge in [-0.1, -0.05) is 35.4 Å². The van der Waals surface area contributed by atoms with Crippen molar-refractivity contribution in [1.29, 1.82) is 0 Å². The number of ether oxygens (including phenoxy) is 1. The fourth-order valence-corrected chi connectivity index (χ4v) is 2.52. The lowest BCUT2D eigenvalue weighted by Crippen LogP contribution is -1.88. The number of nitrogens with zero attached hydrogens (tertiary/aromatic N) is 1. The van der Waals surface area contributed by atoms with Crippen molar-refractivity contribution in [1.82, 2.24) is 4.98 Å². The molecule has 0 spiro atoms. The molecule has 3 rings (SSSR count). The minimum absolute atomic E-state index is 0.507. The average molecular weight is 284 g/mol. The van der Waals surface area contributed by atoms with E-state index in [-0.39, 0.29) is 0 Å². The zero-order valence-corrected chi connectivity index (χ0v) is 12.1. The zero-order valence-electron chi connectivity index (χ0n) is 11.4. The number of halogens is 1. The van der Waals surface area contributed by atoms with Crippen LogP contribution in [0.15, 0.2) is 48.5 Å². The molecule has 0 aliphatic rings. The molecule has 0 aliphatic carbocycles. The van der Waals surface area contributed by atoms with Crippen molar-refractivity contribution in [3.63, 3.8) is 0 Å². The summed E-state index contributed by atoms with van der Waals surface area (Å²) in [7, 11) is 1.66. The summed E-state index contributed by atoms with van der Waals surface area (Å²) in [6.45, 7) is 2.08. The molecule has 0 saturated heterocycles. The molecule has 20 heavy (non-hydrogen) atoms. The number of rotatable bonds is 2. The molecular formula is C17H14ClNO. The molecule has 0 saturated carbocycles. The topological polar surface area (TPSA) is 22.1 Å². The fourth-order valence-electron chi connectivity index (χ4n) is 2.32. The van der Waals surface area contributed by atoms with Crippen molar-refractivity contribution in [3.8, 4) is 16.9 Å². The second kappa shape index (κ2) is 5.14. The SMILES string of the molecule is COc1ccc(-c2cc(Cl)nc3ccc(C)cc23)cc1. The van der Waals surface area contributed by atoms with Gasteiger partial charge < -0.3 is 4.74 Å². The Hall–Kier alpha value is -2.06. The predicted octanol–water partition coefficient (Wildman–Crippen LogP) is 4.87. The Labute approximate surface area is 123 Å². The first-order chi connectivity index (χ1) is 9.67.